The van der Waals surface area contributed by atoms with Gasteiger partial charge in [-0.3, -0.25) is 4.79 Å². The van der Waals surface area contributed by atoms with E-state index in [9.17, 15) is 9.90 Å². The Balaban J connectivity index is 5.46. The van der Waals surface area contributed by atoms with Crippen molar-refractivity contribution in [1.82, 2.24) is 0 Å². The number of hydrogen-bond donors (Lipinski definition) is 1. The Labute approximate surface area is 279 Å². The van der Waals surface area contributed by atoms with E-state index in [-0.39, 0.29) is 28.4 Å². The van der Waals surface area contributed by atoms with E-state index >= 15 is 0 Å². The summed E-state index contributed by atoms with van der Waals surface area (Å²) in [5.74, 6) is -0.878. The van der Waals surface area contributed by atoms with Gasteiger partial charge >= 0.3 is 5.97 Å². The fourth-order valence-corrected chi connectivity index (χ4v) is 6.90. The van der Waals surface area contributed by atoms with Gasteiger partial charge in [0.15, 0.2) is 0 Å². The molecule has 0 fully saturated rings. The predicted octanol–water partition coefficient (Wildman–Crippen LogP) is 8.84. The minimum atomic E-state index is -1.72. The second-order valence-electron chi connectivity index (χ2n) is 18.3. The molecule has 0 bridgehead atoms. The molecule has 0 aliphatic carbocycles. The van der Waals surface area contributed by atoms with Gasteiger partial charge in [-0.05, 0) is 114 Å². The monoisotopic (exact) mass is 663 g/mol. The number of rotatable bonds is 22. The van der Waals surface area contributed by atoms with Crippen molar-refractivity contribution in [3.05, 3.63) is 0 Å². The number of carboxylic acid groups (broad SMARTS) is 1. The summed E-state index contributed by atoms with van der Waals surface area (Å²) in [6.45, 7) is 40.7. The first kappa shape index (κ1) is 44.4. The van der Waals surface area contributed by atoms with Crippen LogP contribution < -0.4 is 0 Å². The average molecular weight is 663 g/mol. The third kappa shape index (κ3) is 18.5. The number of carbonyl (C=O) groups is 1. The Hall–Kier alpha value is -0.553. The summed E-state index contributed by atoms with van der Waals surface area (Å²) in [6.07, 6.45) is 1.72. The average Bonchev–Trinajstić information content (AvgIpc) is 2.77. The van der Waals surface area contributed by atoms with Crippen molar-refractivity contribution in [2.24, 2.45) is 0 Å². The predicted molar refractivity (Wildman–Crippen MR) is 188 cm³/mol. The van der Waals surface area contributed by atoms with Crippen LogP contribution in [0.15, 0.2) is 0 Å². The van der Waals surface area contributed by atoms with E-state index in [0.717, 1.165) is 12.8 Å². The van der Waals surface area contributed by atoms with Gasteiger partial charge in [0.2, 0.25) is 0 Å². The molecule has 0 saturated carbocycles. The van der Waals surface area contributed by atoms with Gasteiger partial charge in [0.25, 0.3) is 0 Å². The molecule has 270 valence electrons. The smallest absolute Gasteiger partial charge is 0.306 e. The van der Waals surface area contributed by atoms with E-state index in [4.69, 9.17) is 28.4 Å². The van der Waals surface area contributed by atoms with Gasteiger partial charge in [0, 0.05) is 13.2 Å². The second kappa shape index (κ2) is 16.7. The normalized spacial score (nSPS) is 15.4. The summed E-state index contributed by atoms with van der Waals surface area (Å²) in [5, 5.41) is 9.24. The minimum Gasteiger partial charge on any atom is -0.481 e. The maximum Gasteiger partial charge on any atom is 0.306 e. The first-order valence-corrected chi connectivity index (χ1v) is 19.9. The Kier molecular flexibility index (Phi) is 16.5. The maximum atomic E-state index is 11.2. The first-order valence-electron chi connectivity index (χ1n) is 16.9. The van der Waals surface area contributed by atoms with E-state index in [1.165, 1.54) is 0 Å². The SMILES string of the molecule is CC(C)(C)OCCC(C)(C)OCC(COC(C)(C)CCOC(C)(C)[Si](C)(C)C(C)(C)C)OC(C)(C)CCOC(C)(C)CC(=O)O. The standard InChI is InChI=1S/C36H74O8Si/c1-30(2,3)39-22-19-32(7,8)42-26-28(44-34(11,12)21-23-40-35(13,14)25-29(37)38)27-43-33(9,10)20-24-41-36(15,16)45(17,18)31(4,5)6/h28H,19-27H2,1-18H3,(H,37,38). The first-order chi connectivity index (χ1) is 19.8. The molecular formula is C36H74O8Si. The maximum absolute atomic E-state index is 11.2. The molecular weight excluding hydrogens is 588 g/mol. The minimum absolute atomic E-state index is 0.0571. The van der Waals surface area contributed by atoms with Crippen molar-refractivity contribution in [3.63, 3.8) is 0 Å². The summed E-state index contributed by atoms with van der Waals surface area (Å²) < 4.78 is 38.0. The van der Waals surface area contributed by atoms with Crippen LogP contribution in [-0.4, -0.2) is 91.5 Å². The highest BCUT2D eigenvalue weighted by molar-refractivity contribution is 6.82. The van der Waals surface area contributed by atoms with Crippen molar-refractivity contribution < 1.29 is 38.3 Å². The zero-order valence-corrected chi connectivity index (χ0v) is 33.7. The lowest BCUT2D eigenvalue weighted by atomic mass is 10.0. The lowest BCUT2D eigenvalue weighted by Gasteiger charge is -2.48. The number of ether oxygens (including phenoxy) is 6. The molecule has 0 heterocycles. The zero-order chi connectivity index (χ0) is 35.8. The van der Waals surface area contributed by atoms with Gasteiger partial charge in [-0.25, -0.2) is 0 Å². The van der Waals surface area contributed by atoms with Crippen LogP contribution in [0.5, 0.6) is 0 Å². The number of aliphatic carboxylic acids is 1. The lowest BCUT2D eigenvalue weighted by Crippen LogP contribution is -2.58. The molecule has 0 aromatic carbocycles. The van der Waals surface area contributed by atoms with Crippen LogP contribution in [-0.2, 0) is 33.2 Å². The van der Waals surface area contributed by atoms with Gasteiger partial charge in [-0.15, -0.1) is 0 Å². The van der Waals surface area contributed by atoms with Gasteiger partial charge in [0.1, 0.15) is 6.10 Å². The van der Waals surface area contributed by atoms with E-state index in [1.54, 1.807) is 13.8 Å². The van der Waals surface area contributed by atoms with Gasteiger partial charge in [-0.2, -0.15) is 0 Å². The van der Waals surface area contributed by atoms with E-state index in [1.807, 2.05) is 13.8 Å². The molecule has 0 aliphatic heterocycles. The summed E-state index contributed by atoms with van der Waals surface area (Å²) in [4.78, 5) is 11.2. The van der Waals surface area contributed by atoms with Gasteiger partial charge in [0.05, 0.1) is 67.5 Å². The van der Waals surface area contributed by atoms with Crippen LogP contribution in [0, 0.1) is 0 Å². The van der Waals surface area contributed by atoms with Crippen LogP contribution in [0.3, 0.4) is 0 Å². The van der Waals surface area contributed by atoms with Crippen molar-refractivity contribution in [2.45, 2.75) is 194 Å². The summed E-state index contributed by atoms with van der Waals surface area (Å²) in [5.41, 5.74) is -2.32. The van der Waals surface area contributed by atoms with Crippen LogP contribution >= 0.6 is 0 Å². The molecule has 0 aliphatic rings. The molecule has 0 saturated heterocycles. The third-order valence-electron chi connectivity index (χ3n) is 9.37. The molecule has 8 nitrogen and oxygen atoms in total. The van der Waals surface area contributed by atoms with Crippen molar-refractivity contribution >= 4 is 14.0 Å². The zero-order valence-electron chi connectivity index (χ0n) is 32.7. The van der Waals surface area contributed by atoms with E-state index < -0.39 is 36.4 Å². The molecule has 0 rings (SSSR count). The van der Waals surface area contributed by atoms with Crippen molar-refractivity contribution in [1.29, 1.82) is 0 Å². The molecule has 1 atom stereocenters. The molecule has 1 unspecified atom stereocenters. The second-order valence-corrected chi connectivity index (χ2v) is 24.2. The number of hydrogen-bond acceptors (Lipinski definition) is 7. The molecule has 0 amide bonds. The van der Waals surface area contributed by atoms with Gasteiger partial charge in [-0.1, -0.05) is 33.9 Å². The quantitative estimate of drug-likeness (QED) is 0.115. The summed E-state index contributed by atoms with van der Waals surface area (Å²) in [7, 11) is -1.72. The Morgan fingerprint density at radius 3 is 1.38 bits per heavy atom. The van der Waals surface area contributed by atoms with Crippen LogP contribution in [0.2, 0.25) is 18.1 Å². The fraction of sp³-hybridized carbons (Fsp3) is 0.972. The molecule has 0 spiro atoms. The highest BCUT2D eigenvalue weighted by Crippen LogP contribution is 2.44. The molecule has 9 heteroatoms. The highest BCUT2D eigenvalue weighted by atomic mass is 28.3. The molecule has 0 aromatic heterocycles. The molecule has 0 radical (unpaired) electrons. The summed E-state index contributed by atoms with van der Waals surface area (Å²) >= 11 is 0. The number of carboxylic acids is 1. The lowest BCUT2D eigenvalue weighted by molar-refractivity contribution is -0.178. The third-order valence-corrected chi connectivity index (χ3v) is 16.3. The Morgan fingerprint density at radius 2 is 0.978 bits per heavy atom. The van der Waals surface area contributed by atoms with E-state index in [0.29, 0.717) is 39.5 Å². The molecule has 0 aromatic rings. The van der Waals surface area contributed by atoms with Crippen molar-refractivity contribution in [3.8, 4) is 0 Å². The fourth-order valence-electron chi connectivity index (χ4n) is 4.63. The highest BCUT2D eigenvalue weighted by Gasteiger charge is 2.48. The largest absolute Gasteiger partial charge is 0.481 e. The Morgan fingerprint density at radius 1 is 0.578 bits per heavy atom. The van der Waals surface area contributed by atoms with Crippen LogP contribution in [0.4, 0.5) is 0 Å². The van der Waals surface area contributed by atoms with Crippen molar-refractivity contribution in [2.75, 3.05) is 33.0 Å². The van der Waals surface area contributed by atoms with E-state index in [2.05, 4.69) is 96.2 Å². The Bertz CT molecular complexity index is 878. The van der Waals surface area contributed by atoms with Gasteiger partial charge < -0.3 is 33.5 Å². The van der Waals surface area contributed by atoms with Crippen LogP contribution in [0.1, 0.15) is 136 Å². The topological polar surface area (TPSA) is 92.7 Å². The molecule has 45 heavy (non-hydrogen) atoms. The molecule has 1 N–H and O–H groups in total. The summed E-state index contributed by atoms with van der Waals surface area (Å²) in [6, 6.07) is 0. The van der Waals surface area contributed by atoms with Crippen LogP contribution in [0.25, 0.3) is 0 Å².